The molecule has 6 heterocycles. The minimum Gasteiger partial charge on any atom is -0.454 e. The molecule has 4 aromatic heterocycles. The summed E-state index contributed by atoms with van der Waals surface area (Å²) in [5, 5.41) is 54.7. The van der Waals surface area contributed by atoms with Gasteiger partial charge in [0.05, 0.1) is 24.0 Å². The first kappa shape index (κ1) is 41.6. The van der Waals surface area contributed by atoms with Crippen molar-refractivity contribution in [3.05, 3.63) is 37.2 Å². The number of alkyl carbamates (subject to hydrolysis) is 1. The van der Waals surface area contributed by atoms with Crippen LogP contribution >= 0.6 is 0 Å². The van der Waals surface area contributed by atoms with E-state index in [1.165, 1.54) is 21.8 Å². The van der Waals surface area contributed by atoms with Gasteiger partial charge in [-0.1, -0.05) is 25.7 Å². The van der Waals surface area contributed by atoms with E-state index in [1.807, 2.05) is 0 Å². The molecule has 2 aliphatic rings. The van der Waals surface area contributed by atoms with Crippen molar-refractivity contribution in [1.29, 1.82) is 0 Å². The lowest BCUT2D eigenvalue weighted by Crippen LogP contribution is -2.53. The smallest absolute Gasteiger partial charge is 0.408 e. The molecule has 1 amide bonds. The van der Waals surface area contributed by atoms with Gasteiger partial charge in [-0.2, -0.15) is 0 Å². The number of esters is 1. The van der Waals surface area contributed by atoms with Gasteiger partial charge in [-0.3, -0.25) is 0 Å². The molecule has 6 rings (SSSR count). The van der Waals surface area contributed by atoms with Gasteiger partial charge in [-0.05, 0) is 38.8 Å². The summed E-state index contributed by atoms with van der Waals surface area (Å²) in [4.78, 5) is 41.4. The van der Waals surface area contributed by atoms with Crippen LogP contribution in [-0.2, 0) is 23.7 Å². The Kier molecular flexibility index (Phi) is 11.8. The SMILES string of the molecule is C#C[C@@]1(O)[C@H](O)[C@@H](CO)O[C@H]1n1ccc2c(N)ncnc21.C#C[C@@]1(O)[C@H](OC(=O)[C@@H](NC(=O)OC(C)(C)C)C(C)C)[C@@H](CO)O[C@H]1n1ccc2c(N)ncnc21. The van der Waals surface area contributed by atoms with E-state index in [0.717, 1.165) is 0 Å². The molecule has 0 radical (unpaired) electrons. The first-order valence-corrected chi connectivity index (χ1v) is 17.3. The Morgan fingerprint density at radius 2 is 1.39 bits per heavy atom. The predicted molar refractivity (Wildman–Crippen MR) is 197 cm³/mol. The Morgan fingerprint density at radius 3 is 1.84 bits per heavy atom. The molecule has 4 aromatic rings. The van der Waals surface area contributed by atoms with Crippen LogP contribution in [0.3, 0.4) is 0 Å². The van der Waals surface area contributed by atoms with Gasteiger partial charge in [0.2, 0.25) is 5.60 Å². The van der Waals surface area contributed by atoms with Crippen molar-refractivity contribution in [2.24, 2.45) is 5.92 Å². The lowest BCUT2D eigenvalue weighted by molar-refractivity contribution is -0.164. The van der Waals surface area contributed by atoms with Crippen molar-refractivity contribution in [3.8, 4) is 24.7 Å². The maximum Gasteiger partial charge on any atom is 0.408 e. The summed E-state index contributed by atoms with van der Waals surface area (Å²) in [6.45, 7) is 7.38. The summed E-state index contributed by atoms with van der Waals surface area (Å²) in [7, 11) is 0. The minimum atomic E-state index is -2.19. The van der Waals surface area contributed by atoms with Crippen molar-refractivity contribution >= 4 is 45.8 Å². The molecule has 10 N–H and O–H groups in total. The highest BCUT2D eigenvalue weighted by molar-refractivity contribution is 5.87. The molecule has 0 spiro atoms. The molecule has 20 heteroatoms. The largest absolute Gasteiger partial charge is 0.454 e. The summed E-state index contributed by atoms with van der Waals surface area (Å²) in [6, 6.07) is 2.16. The second-order valence-electron chi connectivity index (χ2n) is 14.5. The lowest BCUT2D eigenvalue weighted by Gasteiger charge is -2.31. The third-order valence-corrected chi connectivity index (χ3v) is 9.18. The number of hydrogen-bond acceptors (Lipinski definition) is 17. The fourth-order valence-electron chi connectivity index (χ4n) is 6.34. The third kappa shape index (κ3) is 7.63. The molecule has 2 saturated heterocycles. The normalized spacial score (nSPS) is 27.9. The van der Waals surface area contributed by atoms with Gasteiger partial charge in [-0.15, -0.1) is 12.8 Å². The van der Waals surface area contributed by atoms with Crippen molar-refractivity contribution in [2.75, 3.05) is 24.7 Å². The average molecular weight is 780 g/mol. The Balaban J connectivity index is 0.000000242. The fourth-order valence-corrected chi connectivity index (χ4v) is 6.34. The van der Waals surface area contributed by atoms with Gasteiger partial charge in [0, 0.05) is 12.4 Å². The van der Waals surface area contributed by atoms with Crippen LogP contribution in [0.1, 0.15) is 47.1 Å². The zero-order valence-electron chi connectivity index (χ0n) is 31.2. The van der Waals surface area contributed by atoms with Gasteiger partial charge in [-0.25, -0.2) is 29.5 Å². The van der Waals surface area contributed by atoms with Crippen molar-refractivity contribution in [2.45, 2.75) is 94.3 Å². The van der Waals surface area contributed by atoms with Gasteiger partial charge in [0.15, 0.2) is 24.2 Å². The number of nitrogens with zero attached hydrogens (tertiary/aromatic N) is 6. The van der Waals surface area contributed by atoms with Crippen molar-refractivity contribution in [3.63, 3.8) is 0 Å². The van der Waals surface area contributed by atoms with E-state index in [4.69, 9.17) is 43.3 Å². The zero-order valence-corrected chi connectivity index (χ0v) is 31.2. The van der Waals surface area contributed by atoms with Crippen LogP contribution in [0.2, 0.25) is 0 Å². The second kappa shape index (κ2) is 15.9. The number of hydrogen-bond donors (Lipinski definition) is 8. The fraction of sp³-hybridized carbons (Fsp3) is 0.500. The number of amides is 1. The third-order valence-electron chi connectivity index (χ3n) is 9.18. The van der Waals surface area contributed by atoms with Gasteiger partial charge in [0.25, 0.3) is 0 Å². The second-order valence-corrected chi connectivity index (χ2v) is 14.5. The van der Waals surface area contributed by atoms with E-state index in [2.05, 4.69) is 37.1 Å². The van der Waals surface area contributed by atoms with E-state index in [9.17, 15) is 35.1 Å². The van der Waals surface area contributed by atoms with E-state index >= 15 is 0 Å². The number of anilines is 2. The molecule has 9 atom stereocenters. The number of nitrogens with two attached hydrogens (primary N) is 2. The van der Waals surface area contributed by atoms with E-state index < -0.39 is 90.9 Å². The molecule has 2 fully saturated rings. The highest BCUT2D eigenvalue weighted by Crippen LogP contribution is 2.42. The first-order valence-electron chi connectivity index (χ1n) is 17.3. The van der Waals surface area contributed by atoms with Gasteiger partial charge in [0.1, 0.15) is 65.5 Å². The summed E-state index contributed by atoms with van der Waals surface area (Å²) >= 11 is 0. The number of aliphatic hydroxyl groups is 5. The maximum absolute atomic E-state index is 13.1. The van der Waals surface area contributed by atoms with E-state index in [0.29, 0.717) is 22.1 Å². The minimum absolute atomic E-state index is 0.214. The summed E-state index contributed by atoms with van der Waals surface area (Å²) in [5.74, 6) is 3.62. The average Bonchev–Trinajstić information content (AvgIpc) is 3.90. The standard InChI is InChI=1S/C23H31N5O7.C13H14N4O4/c1-7-23(32)16(34-19(30)15(12(2)3)27-21(31)35-22(4,5)6)14(10-29)33-20(23)28-9-8-13-17(24)25-11-26-18(13)28;1-2-13(20)9(19)8(5-18)21-12(13)17-4-3-7-10(14)15-6-16-11(7)17/h1,8-9,11-12,14-16,20,29,32H,10H2,2-6H3,(H,27,31)(H2,24,25,26);1,3-4,6,8-9,12,18-20H,5H2,(H2,14,15,16)/t14-,15+,16-,20-,23-;8-,9-,12-,13-/m11/s1. The number of nitrogen functional groups attached to an aromatic ring is 2. The lowest BCUT2D eigenvalue weighted by atomic mass is 9.94. The molecule has 0 unspecified atom stereocenters. The van der Waals surface area contributed by atoms with Gasteiger partial charge < -0.3 is 70.4 Å². The summed E-state index contributed by atoms with van der Waals surface area (Å²) in [6.07, 6.45) is 8.46. The number of ether oxygens (including phenoxy) is 4. The number of aromatic nitrogens is 6. The molecule has 0 aromatic carbocycles. The van der Waals surface area contributed by atoms with Crippen LogP contribution < -0.4 is 16.8 Å². The molecule has 20 nitrogen and oxygen atoms in total. The molecule has 0 aliphatic carbocycles. The van der Waals surface area contributed by atoms with Crippen LogP contribution in [0.15, 0.2) is 37.2 Å². The Bertz CT molecular complexity index is 2160. The van der Waals surface area contributed by atoms with Crippen LogP contribution in [0.4, 0.5) is 16.4 Å². The number of aliphatic hydroxyl groups excluding tert-OH is 3. The monoisotopic (exact) mass is 779 g/mol. The number of carbonyl (C=O) groups is 2. The molecule has 0 saturated carbocycles. The maximum atomic E-state index is 13.1. The van der Waals surface area contributed by atoms with Crippen molar-refractivity contribution < 1.29 is 54.1 Å². The molecule has 56 heavy (non-hydrogen) atoms. The molecule has 0 bridgehead atoms. The quantitative estimate of drug-likeness (QED) is 0.0815. The number of rotatable bonds is 8. The van der Waals surface area contributed by atoms with Crippen LogP contribution in [0.25, 0.3) is 22.1 Å². The number of terminal acetylenes is 2. The number of fused-ring (bicyclic) bond motifs is 2. The van der Waals surface area contributed by atoms with Crippen LogP contribution in [0, 0.1) is 30.6 Å². The molecular formula is C36H45N9O11. The van der Waals surface area contributed by atoms with E-state index in [1.54, 1.807) is 59.1 Å². The highest BCUT2D eigenvalue weighted by Gasteiger charge is 2.59. The molecule has 2 aliphatic heterocycles. The van der Waals surface area contributed by atoms with Gasteiger partial charge >= 0.3 is 12.1 Å². The highest BCUT2D eigenvalue weighted by atomic mass is 16.6. The van der Waals surface area contributed by atoms with E-state index in [-0.39, 0.29) is 11.6 Å². The Morgan fingerprint density at radius 1 is 0.911 bits per heavy atom. The topological polar surface area (TPSA) is 298 Å². The Hall–Kier alpha value is -5.58. The molecule has 300 valence electrons. The summed E-state index contributed by atoms with van der Waals surface area (Å²) < 4.78 is 25.0. The predicted octanol–water partition coefficient (Wildman–Crippen LogP) is -0.643. The number of carbonyl (C=O) groups excluding carboxylic acids is 2. The number of nitrogens with one attached hydrogen (secondary N) is 1. The Labute approximate surface area is 320 Å². The van der Waals surface area contributed by atoms with Crippen LogP contribution in [0.5, 0.6) is 0 Å². The summed E-state index contributed by atoms with van der Waals surface area (Å²) in [5.41, 5.74) is 7.42. The first-order chi connectivity index (χ1) is 26.3. The van der Waals surface area contributed by atoms with Crippen molar-refractivity contribution in [1.82, 2.24) is 34.4 Å². The zero-order chi connectivity index (χ0) is 41.3. The molecular weight excluding hydrogens is 734 g/mol. The van der Waals surface area contributed by atoms with Crippen LogP contribution in [-0.4, -0.2) is 127 Å².